The molecule has 1 aromatic rings. The maximum atomic E-state index is 10.4. The molecule has 0 aromatic heterocycles. The second-order valence-corrected chi connectivity index (χ2v) is 4.32. The van der Waals surface area contributed by atoms with Crippen molar-refractivity contribution in [3.8, 4) is 0 Å². The quantitative estimate of drug-likeness (QED) is 0.831. The number of aliphatic carboxylic acids is 1. The van der Waals surface area contributed by atoms with Crippen LogP contribution in [0.2, 0.25) is 0 Å². The van der Waals surface area contributed by atoms with Crippen LogP contribution in [0.15, 0.2) is 24.3 Å². The summed E-state index contributed by atoms with van der Waals surface area (Å²) in [7, 11) is 0. The van der Waals surface area contributed by atoms with Gasteiger partial charge in [0, 0.05) is 9.61 Å². The number of carboxylic acid groups (broad SMARTS) is 1. The number of rotatable bonds is 4. The highest BCUT2D eigenvalue weighted by Crippen LogP contribution is 2.13. The first-order chi connectivity index (χ1) is 6.59. The summed E-state index contributed by atoms with van der Waals surface area (Å²) < 4.78 is 1.13. The van der Waals surface area contributed by atoms with Crippen LogP contribution in [0.4, 0.5) is 0 Å². The molecule has 0 spiro atoms. The van der Waals surface area contributed by atoms with Crippen LogP contribution in [0.3, 0.4) is 0 Å². The average Bonchev–Trinajstić information content (AvgIpc) is 2.07. The van der Waals surface area contributed by atoms with Crippen molar-refractivity contribution in [2.45, 2.75) is 18.9 Å². The molecule has 1 rings (SSSR count). The molecule has 4 heteroatoms. The van der Waals surface area contributed by atoms with Crippen molar-refractivity contribution in [3.05, 3.63) is 33.4 Å². The van der Waals surface area contributed by atoms with Crippen LogP contribution < -0.4 is 5.73 Å². The van der Waals surface area contributed by atoms with Crippen LogP contribution >= 0.6 is 22.6 Å². The smallest absolute Gasteiger partial charge is 0.304 e. The zero-order chi connectivity index (χ0) is 10.6. The largest absolute Gasteiger partial charge is 0.481 e. The standard InChI is InChI=1S/C10H12INO2/c11-9-4-2-1-3-7(9)5-8(12)6-10(13)14/h1-4,8H,5-6,12H2,(H,13,14). The minimum atomic E-state index is -0.844. The van der Waals surface area contributed by atoms with Gasteiger partial charge >= 0.3 is 5.97 Å². The van der Waals surface area contributed by atoms with E-state index in [0.717, 1.165) is 9.13 Å². The Morgan fingerprint density at radius 2 is 2.14 bits per heavy atom. The highest BCUT2D eigenvalue weighted by Gasteiger charge is 2.10. The second-order valence-electron chi connectivity index (χ2n) is 3.15. The third kappa shape index (κ3) is 3.63. The monoisotopic (exact) mass is 305 g/mol. The van der Waals surface area contributed by atoms with Crippen molar-refractivity contribution in [3.63, 3.8) is 0 Å². The lowest BCUT2D eigenvalue weighted by molar-refractivity contribution is -0.137. The van der Waals surface area contributed by atoms with E-state index in [1.165, 1.54) is 0 Å². The van der Waals surface area contributed by atoms with Crippen molar-refractivity contribution < 1.29 is 9.90 Å². The number of hydrogen-bond acceptors (Lipinski definition) is 2. The molecule has 76 valence electrons. The molecule has 0 radical (unpaired) electrons. The Hall–Kier alpha value is -0.620. The van der Waals surface area contributed by atoms with E-state index in [-0.39, 0.29) is 12.5 Å². The predicted octanol–water partition coefficient (Wildman–Crippen LogP) is 1.64. The number of hydrogen-bond donors (Lipinski definition) is 2. The lowest BCUT2D eigenvalue weighted by atomic mass is 10.0. The van der Waals surface area contributed by atoms with E-state index in [2.05, 4.69) is 22.6 Å². The van der Waals surface area contributed by atoms with E-state index in [1.807, 2.05) is 24.3 Å². The molecule has 1 atom stereocenters. The normalized spacial score (nSPS) is 12.4. The Balaban J connectivity index is 2.60. The van der Waals surface area contributed by atoms with Gasteiger partial charge < -0.3 is 10.8 Å². The number of carbonyl (C=O) groups is 1. The molecule has 0 heterocycles. The first-order valence-electron chi connectivity index (χ1n) is 4.30. The summed E-state index contributed by atoms with van der Waals surface area (Å²) in [4.78, 5) is 10.4. The third-order valence-corrected chi connectivity index (χ3v) is 2.93. The fourth-order valence-electron chi connectivity index (χ4n) is 1.24. The summed E-state index contributed by atoms with van der Waals surface area (Å²) in [6, 6.07) is 7.55. The fourth-order valence-corrected chi connectivity index (χ4v) is 1.85. The zero-order valence-electron chi connectivity index (χ0n) is 7.61. The molecule has 1 aromatic carbocycles. The predicted molar refractivity (Wildman–Crippen MR) is 63.1 cm³/mol. The molecule has 0 aliphatic rings. The molecule has 0 aliphatic heterocycles. The zero-order valence-corrected chi connectivity index (χ0v) is 9.77. The number of carboxylic acids is 1. The number of halogens is 1. The van der Waals surface area contributed by atoms with Crippen molar-refractivity contribution in [2.24, 2.45) is 5.73 Å². The Morgan fingerprint density at radius 3 is 2.71 bits per heavy atom. The van der Waals surface area contributed by atoms with E-state index < -0.39 is 5.97 Å². The van der Waals surface area contributed by atoms with E-state index in [4.69, 9.17) is 10.8 Å². The summed E-state index contributed by atoms with van der Waals surface area (Å²) in [5, 5.41) is 8.55. The maximum Gasteiger partial charge on any atom is 0.304 e. The lowest BCUT2D eigenvalue weighted by Crippen LogP contribution is -2.26. The van der Waals surface area contributed by atoms with Crippen molar-refractivity contribution in [1.29, 1.82) is 0 Å². The van der Waals surface area contributed by atoms with Crippen molar-refractivity contribution >= 4 is 28.6 Å². The van der Waals surface area contributed by atoms with E-state index in [0.29, 0.717) is 6.42 Å². The second kappa shape index (κ2) is 5.31. The van der Waals surface area contributed by atoms with Gasteiger partial charge in [-0.3, -0.25) is 4.79 Å². The minimum absolute atomic E-state index is 0.0188. The van der Waals surface area contributed by atoms with Gasteiger partial charge in [0.25, 0.3) is 0 Å². The molecule has 0 amide bonds. The lowest BCUT2D eigenvalue weighted by Gasteiger charge is -2.09. The Labute approximate surface area is 96.4 Å². The molecule has 3 N–H and O–H groups in total. The molecule has 0 saturated carbocycles. The third-order valence-electron chi connectivity index (χ3n) is 1.88. The van der Waals surface area contributed by atoms with E-state index in [9.17, 15) is 4.79 Å². The number of nitrogens with two attached hydrogens (primary N) is 1. The van der Waals surface area contributed by atoms with Crippen LogP contribution in [0.5, 0.6) is 0 Å². The molecule has 0 fully saturated rings. The van der Waals surface area contributed by atoms with Gasteiger partial charge in [-0.2, -0.15) is 0 Å². The first kappa shape index (κ1) is 11.5. The van der Waals surface area contributed by atoms with Crippen molar-refractivity contribution in [2.75, 3.05) is 0 Å². The van der Waals surface area contributed by atoms with Gasteiger partial charge in [0.15, 0.2) is 0 Å². The fraction of sp³-hybridized carbons (Fsp3) is 0.300. The average molecular weight is 305 g/mol. The summed E-state index contributed by atoms with van der Waals surface area (Å²) in [5.41, 5.74) is 6.80. The van der Waals surface area contributed by atoms with Gasteiger partial charge in [-0.25, -0.2) is 0 Å². The molecule has 0 bridgehead atoms. The summed E-state index contributed by atoms with van der Waals surface area (Å²) in [6.07, 6.45) is 0.635. The van der Waals surface area contributed by atoms with Gasteiger partial charge in [0.2, 0.25) is 0 Å². The molecular weight excluding hydrogens is 293 g/mol. The Kier molecular flexibility index (Phi) is 4.34. The van der Waals surface area contributed by atoms with Crippen LogP contribution in [0.1, 0.15) is 12.0 Å². The Morgan fingerprint density at radius 1 is 1.50 bits per heavy atom. The molecule has 1 unspecified atom stereocenters. The van der Waals surface area contributed by atoms with Gasteiger partial charge in [-0.05, 0) is 40.6 Å². The maximum absolute atomic E-state index is 10.4. The Bertz CT molecular complexity index is 328. The summed E-state index contributed by atoms with van der Waals surface area (Å²) >= 11 is 2.22. The highest BCUT2D eigenvalue weighted by atomic mass is 127. The summed E-state index contributed by atoms with van der Waals surface area (Å²) in [6.45, 7) is 0. The van der Waals surface area contributed by atoms with Crippen LogP contribution in [0.25, 0.3) is 0 Å². The highest BCUT2D eigenvalue weighted by molar-refractivity contribution is 14.1. The topological polar surface area (TPSA) is 63.3 Å². The van der Waals surface area contributed by atoms with Gasteiger partial charge in [-0.15, -0.1) is 0 Å². The van der Waals surface area contributed by atoms with E-state index >= 15 is 0 Å². The molecule has 0 aliphatic carbocycles. The first-order valence-corrected chi connectivity index (χ1v) is 5.38. The van der Waals surface area contributed by atoms with Gasteiger partial charge in [0.05, 0.1) is 6.42 Å². The van der Waals surface area contributed by atoms with Gasteiger partial charge in [-0.1, -0.05) is 18.2 Å². The van der Waals surface area contributed by atoms with Crippen LogP contribution in [0, 0.1) is 3.57 Å². The van der Waals surface area contributed by atoms with Crippen molar-refractivity contribution in [1.82, 2.24) is 0 Å². The SMILES string of the molecule is NC(CC(=O)O)Cc1ccccc1I. The van der Waals surface area contributed by atoms with E-state index in [1.54, 1.807) is 0 Å². The molecule has 3 nitrogen and oxygen atoms in total. The van der Waals surface area contributed by atoms with Crippen LogP contribution in [-0.4, -0.2) is 17.1 Å². The molecule has 14 heavy (non-hydrogen) atoms. The van der Waals surface area contributed by atoms with Crippen LogP contribution in [-0.2, 0) is 11.2 Å². The summed E-state index contributed by atoms with van der Waals surface area (Å²) in [5.74, 6) is -0.844. The molecular formula is C10H12INO2. The van der Waals surface area contributed by atoms with Gasteiger partial charge in [0.1, 0.15) is 0 Å². The molecule has 0 saturated heterocycles. The number of benzene rings is 1. The minimum Gasteiger partial charge on any atom is -0.481 e.